The SMILES string of the molecule is CS(=O)(=O)NCC1CCCN(C(=O)CCCc2ccc(Cl)c(Cl)c2)C1. The summed E-state index contributed by atoms with van der Waals surface area (Å²) in [4.78, 5) is 14.3. The second-order valence-corrected chi connectivity index (χ2v) is 9.22. The molecule has 140 valence electrons. The number of halogens is 2. The van der Waals surface area contributed by atoms with Gasteiger partial charge in [0.15, 0.2) is 0 Å². The van der Waals surface area contributed by atoms with Crippen molar-refractivity contribution in [2.75, 3.05) is 25.9 Å². The summed E-state index contributed by atoms with van der Waals surface area (Å²) >= 11 is 11.9. The Morgan fingerprint density at radius 1 is 1.32 bits per heavy atom. The molecule has 1 heterocycles. The number of nitrogens with zero attached hydrogens (tertiary/aromatic N) is 1. The van der Waals surface area contributed by atoms with Crippen LogP contribution in [0, 0.1) is 5.92 Å². The predicted molar refractivity (Wildman–Crippen MR) is 102 cm³/mol. The molecule has 1 atom stereocenters. The van der Waals surface area contributed by atoms with Gasteiger partial charge in [-0.15, -0.1) is 0 Å². The summed E-state index contributed by atoms with van der Waals surface area (Å²) in [6.45, 7) is 1.76. The first kappa shape index (κ1) is 20.5. The molecular weight excluding hydrogens is 383 g/mol. The topological polar surface area (TPSA) is 66.5 Å². The van der Waals surface area contributed by atoms with Crippen molar-refractivity contribution in [2.24, 2.45) is 5.92 Å². The summed E-state index contributed by atoms with van der Waals surface area (Å²) in [5.74, 6) is 0.312. The first-order valence-electron chi connectivity index (χ1n) is 8.41. The van der Waals surface area contributed by atoms with Gasteiger partial charge in [0.2, 0.25) is 15.9 Å². The highest BCUT2D eigenvalue weighted by Gasteiger charge is 2.23. The zero-order valence-corrected chi connectivity index (χ0v) is 16.6. The van der Waals surface area contributed by atoms with Crippen LogP contribution in [0.2, 0.25) is 10.0 Å². The van der Waals surface area contributed by atoms with E-state index in [4.69, 9.17) is 23.2 Å². The molecule has 0 aromatic heterocycles. The van der Waals surface area contributed by atoms with Crippen LogP contribution in [0.3, 0.4) is 0 Å². The van der Waals surface area contributed by atoms with Gasteiger partial charge in [0.1, 0.15) is 0 Å². The van der Waals surface area contributed by atoms with E-state index in [1.807, 2.05) is 17.0 Å². The highest BCUT2D eigenvalue weighted by Crippen LogP contribution is 2.23. The molecule has 1 aliphatic rings. The molecule has 1 N–H and O–H groups in total. The van der Waals surface area contributed by atoms with Crippen molar-refractivity contribution >= 4 is 39.1 Å². The summed E-state index contributed by atoms with van der Waals surface area (Å²) in [5, 5.41) is 1.06. The zero-order chi connectivity index (χ0) is 18.4. The Balaban J connectivity index is 1.76. The summed E-state index contributed by atoms with van der Waals surface area (Å²) in [7, 11) is -3.19. The van der Waals surface area contributed by atoms with E-state index >= 15 is 0 Å². The molecule has 1 amide bonds. The summed E-state index contributed by atoms with van der Waals surface area (Å²) in [6, 6.07) is 5.53. The third kappa shape index (κ3) is 7.13. The van der Waals surface area contributed by atoms with E-state index in [1.54, 1.807) is 6.07 Å². The fraction of sp³-hybridized carbons (Fsp3) is 0.588. The third-order valence-electron chi connectivity index (χ3n) is 4.35. The van der Waals surface area contributed by atoms with Crippen LogP contribution in [0.1, 0.15) is 31.2 Å². The van der Waals surface area contributed by atoms with E-state index in [0.29, 0.717) is 29.6 Å². The van der Waals surface area contributed by atoms with Crippen LogP contribution in [0.4, 0.5) is 0 Å². The number of aryl methyl sites for hydroxylation is 1. The summed E-state index contributed by atoms with van der Waals surface area (Å²) in [5.41, 5.74) is 1.07. The van der Waals surface area contributed by atoms with Gasteiger partial charge < -0.3 is 4.90 Å². The van der Waals surface area contributed by atoms with Crippen molar-refractivity contribution in [1.29, 1.82) is 0 Å². The van der Waals surface area contributed by atoms with E-state index in [1.165, 1.54) is 0 Å². The molecule has 0 aliphatic carbocycles. The van der Waals surface area contributed by atoms with Crippen LogP contribution in [0.15, 0.2) is 18.2 Å². The minimum Gasteiger partial charge on any atom is -0.342 e. The van der Waals surface area contributed by atoms with Crippen LogP contribution >= 0.6 is 23.2 Å². The number of hydrogen-bond acceptors (Lipinski definition) is 3. The molecule has 1 aromatic rings. The number of sulfonamides is 1. The number of amides is 1. The lowest BCUT2D eigenvalue weighted by molar-refractivity contribution is -0.133. The van der Waals surface area contributed by atoms with Crippen molar-refractivity contribution in [3.63, 3.8) is 0 Å². The molecule has 0 bridgehead atoms. The Morgan fingerprint density at radius 2 is 2.08 bits per heavy atom. The van der Waals surface area contributed by atoms with E-state index in [-0.39, 0.29) is 11.8 Å². The maximum atomic E-state index is 12.4. The molecule has 1 fully saturated rings. The van der Waals surface area contributed by atoms with E-state index < -0.39 is 10.0 Å². The second-order valence-electron chi connectivity index (χ2n) is 6.57. The van der Waals surface area contributed by atoms with Crippen molar-refractivity contribution in [1.82, 2.24) is 9.62 Å². The van der Waals surface area contributed by atoms with Crippen LogP contribution in [-0.2, 0) is 21.2 Å². The van der Waals surface area contributed by atoms with E-state index in [2.05, 4.69) is 4.72 Å². The smallest absolute Gasteiger partial charge is 0.222 e. The van der Waals surface area contributed by atoms with E-state index in [9.17, 15) is 13.2 Å². The van der Waals surface area contributed by atoms with Crippen molar-refractivity contribution < 1.29 is 13.2 Å². The molecule has 0 spiro atoms. The number of nitrogens with one attached hydrogen (secondary N) is 1. The second kappa shape index (κ2) is 9.21. The van der Waals surface area contributed by atoms with Gasteiger partial charge in [-0.1, -0.05) is 29.3 Å². The minimum absolute atomic E-state index is 0.129. The number of carbonyl (C=O) groups excluding carboxylic acids is 1. The average molecular weight is 407 g/mol. The average Bonchev–Trinajstić information content (AvgIpc) is 2.56. The number of carbonyl (C=O) groups is 1. The Labute approximate surface area is 159 Å². The first-order chi connectivity index (χ1) is 11.7. The third-order valence-corrected chi connectivity index (χ3v) is 5.78. The fourth-order valence-corrected chi connectivity index (χ4v) is 3.88. The molecule has 1 aliphatic heterocycles. The molecule has 0 saturated carbocycles. The van der Waals surface area contributed by atoms with Gasteiger partial charge >= 0.3 is 0 Å². The Bertz CT molecular complexity index is 710. The largest absolute Gasteiger partial charge is 0.342 e. The minimum atomic E-state index is -3.19. The molecule has 25 heavy (non-hydrogen) atoms. The molecular formula is C17H24Cl2N2O3S. The number of likely N-dealkylation sites (tertiary alicyclic amines) is 1. The lowest BCUT2D eigenvalue weighted by Crippen LogP contribution is -2.43. The maximum Gasteiger partial charge on any atom is 0.222 e. The number of piperidine rings is 1. The monoisotopic (exact) mass is 406 g/mol. The molecule has 0 radical (unpaired) electrons. The van der Waals surface area contributed by atoms with Crippen molar-refractivity contribution in [2.45, 2.75) is 32.1 Å². The van der Waals surface area contributed by atoms with Crippen LogP contribution in [0.5, 0.6) is 0 Å². The lowest BCUT2D eigenvalue weighted by atomic mass is 9.97. The lowest BCUT2D eigenvalue weighted by Gasteiger charge is -2.33. The number of hydrogen-bond donors (Lipinski definition) is 1. The van der Waals surface area contributed by atoms with Gasteiger partial charge in [0, 0.05) is 26.1 Å². The summed E-state index contributed by atoms with van der Waals surface area (Å²) in [6.07, 6.45) is 5.01. The molecule has 8 heteroatoms. The maximum absolute atomic E-state index is 12.4. The van der Waals surface area contributed by atoms with Gasteiger partial charge in [-0.25, -0.2) is 13.1 Å². The number of rotatable bonds is 7. The molecule has 2 rings (SSSR count). The fourth-order valence-electron chi connectivity index (χ4n) is 3.02. The molecule has 1 saturated heterocycles. The number of benzene rings is 1. The Morgan fingerprint density at radius 3 is 2.76 bits per heavy atom. The van der Waals surface area contributed by atoms with Gasteiger partial charge in [-0.2, -0.15) is 0 Å². The highest BCUT2D eigenvalue weighted by atomic mass is 35.5. The highest BCUT2D eigenvalue weighted by molar-refractivity contribution is 7.88. The first-order valence-corrected chi connectivity index (χ1v) is 11.1. The Kier molecular flexibility index (Phi) is 7.55. The molecule has 1 unspecified atom stereocenters. The predicted octanol–water partition coefficient (Wildman–Crippen LogP) is 3.10. The van der Waals surface area contributed by atoms with E-state index in [0.717, 1.165) is 44.0 Å². The molecule has 1 aromatic carbocycles. The summed E-state index contributed by atoms with van der Waals surface area (Å²) < 4.78 is 24.9. The van der Waals surface area contributed by atoms with Gasteiger partial charge in [-0.3, -0.25) is 4.79 Å². The van der Waals surface area contributed by atoms with Crippen LogP contribution < -0.4 is 4.72 Å². The van der Waals surface area contributed by atoms with Crippen LogP contribution in [0.25, 0.3) is 0 Å². The van der Waals surface area contributed by atoms with Crippen molar-refractivity contribution in [3.05, 3.63) is 33.8 Å². The zero-order valence-electron chi connectivity index (χ0n) is 14.3. The van der Waals surface area contributed by atoms with Crippen molar-refractivity contribution in [3.8, 4) is 0 Å². The van der Waals surface area contributed by atoms with Gasteiger partial charge in [-0.05, 0) is 49.3 Å². The standard InChI is InChI=1S/C17H24Cl2N2O3S/c1-25(23,24)20-11-14-5-3-9-21(12-14)17(22)6-2-4-13-7-8-15(18)16(19)10-13/h7-8,10,14,20H,2-6,9,11-12H2,1H3. The van der Waals surface area contributed by atoms with Gasteiger partial charge in [0.25, 0.3) is 0 Å². The van der Waals surface area contributed by atoms with Crippen LogP contribution in [-0.4, -0.2) is 45.1 Å². The Hall–Kier alpha value is -0.820. The van der Waals surface area contributed by atoms with Gasteiger partial charge in [0.05, 0.1) is 16.3 Å². The quantitative estimate of drug-likeness (QED) is 0.756. The normalized spacial score (nSPS) is 18.4. The molecule has 5 nitrogen and oxygen atoms in total.